The second-order valence-corrected chi connectivity index (χ2v) is 6.54. The molecule has 3 amide bonds. The van der Waals surface area contributed by atoms with Crippen molar-refractivity contribution >= 4 is 17.7 Å². The van der Waals surface area contributed by atoms with Crippen LogP contribution in [-0.4, -0.2) is 77.2 Å². The largest absolute Gasteiger partial charge is 0.433 e. The number of rotatable bonds is 2. The first-order valence-electron chi connectivity index (χ1n) is 8.26. The Bertz CT molecular complexity index is 764. The highest BCUT2D eigenvalue weighted by Gasteiger charge is 2.38. The zero-order chi connectivity index (χ0) is 20.5. The van der Waals surface area contributed by atoms with Crippen LogP contribution >= 0.6 is 0 Å². The van der Waals surface area contributed by atoms with Crippen molar-refractivity contribution in [2.45, 2.75) is 26.1 Å². The number of hydrogen-bond acceptors (Lipinski definition) is 4. The molecular weight excluding hydrogens is 365 g/mol. The van der Waals surface area contributed by atoms with Crippen LogP contribution in [0.25, 0.3) is 0 Å². The van der Waals surface area contributed by atoms with E-state index in [-0.39, 0.29) is 42.7 Å². The van der Waals surface area contributed by atoms with E-state index < -0.39 is 23.8 Å². The topological polar surface area (TPSA) is 73.8 Å². The van der Waals surface area contributed by atoms with Gasteiger partial charge in [0, 0.05) is 34.1 Å². The number of hydrogen-bond donors (Lipinski definition) is 0. The highest BCUT2D eigenvalue weighted by Crippen LogP contribution is 2.28. The Labute approximate surface area is 154 Å². The van der Waals surface area contributed by atoms with Gasteiger partial charge in [0.25, 0.3) is 5.91 Å². The number of likely N-dealkylation sites (N-methyl/N-ethyl adjacent to an activating group) is 1. The van der Waals surface area contributed by atoms with E-state index in [2.05, 4.69) is 4.98 Å². The monoisotopic (exact) mass is 386 g/mol. The Balaban J connectivity index is 2.27. The summed E-state index contributed by atoms with van der Waals surface area (Å²) in [5, 5.41) is 0. The minimum absolute atomic E-state index is 0.0319. The summed E-state index contributed by atoms with van der Waals surface area (Å²) < 4.78 is 38.3. The number of alkyl halides is 3. The standard InChI is InChI=1S/C17H21F3N4O3/c1-10-12(5-6-14(21-10)17(18,19)20)15(26)23-7-8-24(11(2)25)13(9-23)16(27)22(3)4/h5-6,13H,7-9H2,1-4H3. The molecule has 1 atom stereocenters. The zero-order valence-corrected chi connectivity index (χ0v) is 15.5. The van der Waals surface area contributed by atoms with E-state index in [9.17, 15) is 27.6 Å². The summed E-state index contributed by atoms with van der Waals surface area (Å²) in [7, 11) is 3.09. The van der Waals surface area contributed by atoms with Crippen molar-refractivity contribution in [3.05, 3.63) is 29.1 Å². The lowest BCUT2D eigenvalue weighted by molar-refractivity contribution is -0.146. The molecule has 148 valence electrons. The van der Waals surface area contributed by atoms with Crippen molar-refractivity contribution in [3.63, 3.8) is 0 Å². The summed E-state index contributed by atoms with van der Waals surface area (Å²) in [5.74, 6) is -1.13. The lowest BCUT2D eigenvalue weighted by Crippen LogP contribution is -2.61. The Morgan fingerprint density at radius 1 is 1.19 bits per heavy atom. The quantitative estimate of drug-likeness (QED) is 0.765. The summed E-state index contributed by atoms with van der Waals surface area (Å²) >= 11 is 0. The third-order valence-electron chi connectivity index (χ3n) is 4.40. The van der Waals surface area contributed by atoms with Gasteiger partial charge in [-0.25, -0.2) is 4.98 Å². The first kappa shape index (κ1) is 20.7. The third kappa shape index (κ3) is 4.37. The minimum Gasteiger partial charge on any atom is -0.347 e. The Morgan fingerprint density at radius 2 is 1.81 bits per heavy atom. The normalized spacial score (nSPS) is 17.7. The molecule has 27 heavy (non-hydrogen) atoms. The van der Waals surface area contributed by atoms with Crippen LogP contribution in [0.5, 0.6) is 0 Å². The van der Waals surface area contributed by atoms with Gasteiger partial charge in [0.15, 0.2) is 0 Å². The predicted molar refractivity (Wildman–Crippen MR) is 89.7 cm³/mol. The second-order valence-electron chi connectivity index (χ2n) is 6.54. The molecule has 1 saturated heterocycles. The van der Waals surface area contributed by atoms with Crippen LogP contribution < -0.4 is 0 Å². The molecule has 0 saturated carbocycles. The maximum Gasteiger partial charge on any atom is 0.433 e. The van der Waals surface area contributed by atoms with E-state index in [0.29, 0.717) is 0 Å². The number of amides is 3. The molecular formula is C17H21F3N4O3. The zero-order valence-electron chi connectivity index (χ0n) is 15.5. The maximum atomic E-state index is 12.8. The molecule has 0 bridgehead atoms. The van der Waals surface area contributed by atoms with Gasteiger partial charge in [-0.1, -0.05) is 0 Å². The van der Waals surface area contributed by atoms with Crippen molar-refractivity contribution in [2.75, 3.05) is 33.7 Å². The molecule has 0 spiro atoms. The molecule has 2 heterocycles. The molecule has 0 aliphatic carbocycles. The van der Waals surface area contributed by atoms with Crippen molar-refractivity contribution in [1.29, 1.82) is 0 Å². The van der Waals surface area contributed by atoms with Crippen LogP contribution in [0.15, 0.2) is 12.1 Å². The van der Waals surface area contributed by atoms with Crippen molar-refractivity contribution in [2.24, 2.45) is 0 Å². The molecule has 1 aliphatic rings. The van der Waals surface area contributed by atoms with Gasteiger partial charge in [-0.05, 0) is 19.1 Å². The average molecular weight is 386 g/mol. The molecule has 1 unspecified atom stereocenters. The number of nitrogens with zero attached hydrogens (tertiary/aromatic N) is 4. The number of carbonyl (C=O) groups is 3. The van der Waals surface area contributed by atoms with Crippen molar-refractivity contribution in [1.82, 2.24) is 19.7 Å². The molecule has 0 aromatic carbocycles. The molecule has 0 N–H and O–H groups in total. The SMILES string of the molecule is CC(=O)N1CCN(C(=O)c2ccc(C(F)(F)F)nc2C)CC1C(=O)N(C)C. The highest BCUT2D eigenvalue weighted by atomic mass is 19.4. The lowest BCUT2D eigenvalue weighted by Gasteiger charge is -2.41. The van der Waals surface area contributed by atoms with E-state index in [0.717, 1.165) is 12.1 Å². The maximum absolute atomic E-state index is 12.8. The summed E-state index contributed by atoms with van der Waals surface area (Å²) in [6.45, 7) is 2.98. The molecule has 1 fully saturated rings. The van der Waals surface area contributed by atoms with Gasteiger partial charge in [0.1, 0.15) is 11.7 Å². The predicted octanol–water partition coefficient (Wildman–Crippen LogP) is 1.17. The van der Waals surface area contributed by atoms with Gasteiger partial charge in [0.05, 0.1) is 17.8 Å². The van der Waals surface area contributed by atoms with Gasteiger partial charge in [-0.15, -0.1) is 0 Å². The van der Waals surface area contributed by atoms with Crippen LogP contribution in [-0.2, 0) is 15.8 Å². The summed E-state index contributed by atoms with van der Waals surface area (Å²) in [6, 6.07) is 1.01. The van der Waals surface area contributed by atoms with Crippen LogP contribution in [0.1, 0.15) is 28.7 Å². The van der Waals surface area contributed by atoms with Gasteiger partial charge >= 0.3 is 6.18 Å². The minimum atomic E-state index is -4.59. The average Bonchev–Trinajstić information content (AvgIpc) is 2.58. The fraction of sp³-hybridized carbons (Fsp3) is 0.529. The van der Waals surface area contributed by atoms with E-state index in [4.69, 9.17) is 0 Å². The van der Waals surface area contributed by atoms with Gasteiger partial charge in [-0.2, -0.15) is 13.2 Å². The molecule has 1 aromatic rings. The van der Waals surface area contributed by atoms with Gasteiger partial charge in [0.2, 0.25) is 11.8 Å². The molecule has 1 aliphatic heterocycles. The second kappa shape index (κ2) is 7.53. The van der Waals surface area contributed by atoms with E-state index in [1.807, 2.05) is 0 Å². The lowest BCUT2D eigenvalue weighted by atomic mass is 10.1. The Hall–Kier alpha value is -2.65. The van der Waals surface area contributed by atoms with Gasteiger partial charge < -0.3 is 14.7 Å². The Kier molecular flexibility index (Phi) is 5.76. The van der Waals surface area contributed by atoms with E-state index >= 15 is 0 Å². The first-order chi connectivity index (χ1) is 12.4. The number of pyridine rings is 1. The van der Waals surface area contributed by atoms with Crippen LogP contribution in [0.2, 0.25) is 0 Å². The number of piperazine rings is 1. The molecule has 10 heteroatoms. The van der Waals surface area contributed by atoms with Crippen LogP contribution in [0.3, 0.4) is 0 Å². The number of aromatic nitrogens is 1. The summed E-state index contributed by atoms with van der Waals surface area (Å²) in [5.41, 5.74) is -1.08. The number of carbonyl (C=O) groups excluding carboxylic acids is 3. The molecule has 1 aromatic heterocycles. The smallest absolute Gasteiger partial charge is 0.347 e. The summed E-state index contributed by atoms with van der Waals surface area (Å²) in [6.07, 6.45) is -4.59. The van der Waals surface area contributed by atoms with Crippen molar-refractivity contribution in [3.8, 4) is 0 Å². The molecule has 7 nitrogen and oxygen atoms in total. The van der Waals surface area contributed by atoms with E-state index in [1.165, 1.54) is 28.5 Å². The number of aryl methyl sites for hydroxylation is 1. The highest BCUT2D eigenvalue weighted by molar-refractivity contribution is 5.96. The van der Waals surface area contributed by atoms with E-state index in [1.54, 1.807) is 14.1 Å². The summed E-state index contributed by atoms with van der Waals surface area (Å²) in [4.78, 5) is 44.5. The van der Waals surface area contributed by atoms with Gasteiger partial charge in [-0.3, -0.25) is 14.4 Å². The first-order valence-corrected chi connectivity index (χ1v) is 8.26. The Morgan fingerprint density at radius 3 is 2.30 bits per heavy atom. The third-order valence-corrected chi connectivity index (χ3v) is 4.40. The fourth-order valence-electron chi connectivity index (χ4n) is 2.97. The van der Waals surface area contributed by atoms with Crippen LogP contribution in [0, 0.1) is 6.92 Å². The van der Waals surface area contributed by atoms with Crippen molar-refractivity contribution < 1.29 is 27.6 Å². The number of halogens is 3. The van der Waals surface area contributed by atoms with Crippen LogP contribution in [0.4, 0.5) is 13.2 Å². The molecule has 0 radical (unpaired) electrons. The fourth-order valence-corrected chi connectivity index (χ4v) is 2.97. The molecule has 2 rings (SSSR count).